The van der Waals surface area contributed by atoms with Gasteiger partial charge in [-0.15, -0.1) is 0 Å². The van der Waals surface area contributed by atoms with Crippen molar-refractivity contribution >= 4 is 0 Å². The van der Waals surface area contributed by atoms with Gasteiger partial charge in [0.1, 0.15) is 5.75 Å². The van der Waals surface area contributed by atoms with E-state index in [1.54, 1.807) is 0 Å². The Balaban J connectivity index is 2.83. The SMILES string of the molecule is COc1ccc(OC(F)F)cc1F. The first-order valence-electron chi connectivity index (χ1n) is 3.42. The van der Waals surface area contributed by atoms with Gasteiger partial charge in [0.25, 0.3) is 0 Å². The third-order valence-electron chi connectivity index (χ3n) is 1.35. The minimum atomic E-state index is -2.95. The molecule has 0 N–H and O–H groups in total. The normalized spacial score (nSPS) is 10.2. The summed E-state index contributed by atoms with van der Waals surface area (Å²) in [5, 5.41) is 0. The van der Waals surface area contributed by atoms with Gasteiger partial charge in [-0.05, 0) is 12.1 Å². The van der Waals surface area contributed by atoms with Crippen molar-refractivity contribution in [3.05, 3.63) is 24.0 Å². The minimum Gasteiger partial charge on any atom is -0.494 e. The zero-order valence-corrected chi connectivity index (χ0v) is 6.76. The minimum absolute atomic E-state index is 0.0124. The summed E-state index contributed by atoms with van der Waals surface area (Å²) >= 11 is 0. The predicted octanol–water partition coefficient (Wildman–Crippen LogP) is 2.44. The van der Waals surface area contributed by atoms with E-state index in [9.17, 15) is 13.2 Å². The van der Waals surface area contributed by atoms with Gasteiger partial charge in [0.05, 0.1) is 7.11 Å². The van der Waals surface area contributed by atoms with Crippen molar-refractivity contribution in [2.24, 2.45) is 0 Å². The first-order chi connectivity index (χ1) is 6.13. The van der Waals surface area contributed by atoms with Crippen LogP contribution in [0, 0.1) is 5.82 Å². The Morgan fingerprint density at radius 3 is 2.46 bits per heavy atom. The van der Waals surface area contributed by atoms with Gasteiger partial charge >= 0.3 is 6.61 Å². The zero-order chi connectivity index (χ0) is 9.84. The van der Waals surface area contributed by atoms with Crippen molar-refractivity contribution in [3.8, 4) is 11.5 Å². The third-order valence-corrected chi connectivity index (χ3v) is 1.35. The van der Waals surface area contributed by atoms with Crippen LogP contribution in [0.3, 0.4) is 0 Å². The van der Waals surface area contributed by atoms with E-state index in [0.717, 1.165) is 6.07 Å². The van der Waals surface area contributed by atoms with E-state index < -0.39 is 12.4 Å². The fourth-order valence-electron chi connectivity index (χ4n) is 0.823. The molecule has 0 amide bonds. The molecule has 13 heavy (non-hydrogen) atoms. The Hall–Kier alpha value is -1.39. The van der Waals surface area contributed by atoms with Crippen LogP contribution >= 0.6 is 0 Å². The van der Waals surface area contributed by atoms with Gasteiger partial charge in [-0.25, -0.2) is 4.39 Å². The zero-order valence-electron chi connectivity index (χ0n) is 6.76. The van der Waals surface area contributed by atoms with Crippen molar-refractivity contribution < 1.29 is 22.6 Å². The lowest BCUT2D eigenvalue weighted by Crippen LogP contribution is -2.02. The first kappa shape index (κ1) is 9.70. The Bertz CT molecular complexity index is 289. The smallest absolute Gasteiger partial charge is 0.387 e. The highest BCUT2D eigenvalue weighted by Gasteiger charge is 2.07. The number of halogens is 3. The summed E-state index contributed by atoms with van der Waals surface area (Å²) in [5.74, 6) is -0.976. The Kier molecular flexibility index (Phi) is 3.00. The van der Waals surface area contributed by atoms with Crippen molar-refractivity contribution in [1.82, 2.24) is 0 Å². The molecule has 0 saturated carbocycles. The second-order valence-electron chi connectivity index (χ2n) is 2.17. The summed E-state index contributed by atoms with van der Waals surface area (Å²) in [6.45, 7) is -2.95. The van der Waals surface area contributed by atoms with Crippen LogP contribution in [0.2, 0.25) is 0 Å². The van der Waals surface area contributed by atoms with E-state index in [2.05, 4.69) is 9.47 Å². The highest BCUT2D eigenvalue weighted by Crippen LogP contribution is 2.23. The molecule has 0 spiro atoms. The molecule has 1 rings (SSSR count). The van der Waals surface area contributed by atoms with Crippen LogP contribution < -0.4 is 9.47 Å². The maximum Gasteiger partial charge on any atom is 0.387 e. The molecule has 0 unspecified atom stereocenters. The van der Waals surface area contributed by atoms with Crippen LogP contribution in [-0.4, -0.2) is 13.7 Å². The van der Waals surface area contributed by atoms with Crippen LogP contribution in [-0.2, 0) is 0 Å². The number of ether oxygens (including phenoxy) is 2. The van der Waals surface area contributed by atoms with Crippen LogP contribution in [0.1, 0.15) is 0 Å². The summed E-state index contributed by atoms with van der Waals surface area (Å²) in [5.41, 5.74) is 0. The molecule has 0 radical (unpaired) electrons. The molecule has 0 aromatic heterocycles. The lowest BCUT2D eigenvalue weighted by Gasteiger charge is -2.06. The van der Waals surface area contributed by atoms with E-state index in [1.807, 2.05) is 0 Å². The largest absolute Gasteiger partial charge is 0.494 e. The monoisotopic (exact) mass is 192 g/mol. The lowest BCUT2D eigenvalue weighted by atomic mass is 10.3. The van der Waals surface area contributed by atoms with Gasteiger partial charge in [-0.3, -0.25) is 0 Å². The van der Waals surface area contributed by atoms with Crippen molar-refractivity contribution in [1.29, 1.82) is 0 Å². The van der Waals surface area contributed by atoms with Crippen LogP contribution in [0.25, 0.3) is 0 Å². The lowest BCUT2D eigenvalue weighted by molar-refractivity contribution is -0.0500. The Morgan fingerprint density at radius 1 is 1.31 bits per heavy atom. The second-order valence-corrected chi connectivity index (χ2v) is 2.17. The number of rotatable bonds is 3. The Labute approximate surface area is 72.9 Å². The number of hydrogen-bond donors (Lipinski definition) is 0. The molecule has 0 heterocycles. The average Bonchev–Trinajstić information content (AvgIpc) is 2.03. The number of benzene rings is 1. The molecule has 0 bridgehead atoms. The predicted molar refractivity (Wildman–Crippen MR) is 39.6 cm³/mol. The summed E-state index contributed by atoms with van der Waals surface area (Å²) in [4.78, 5) is 0. The molecular formula is C8H7F3O2. The van der Waals surface area contributed by atoms with Gasteiger partial charge in [0.15, 0.2) is 11.6 Å². The molecule has 0 aliphatic rings. The number of hydrogen-bond acceptors (Lipinski definition) is 2. The molecule has 0 atom stereocenters. The molecule has 1 aromatic carbocycles. The summed E-state index contributed by atoms with van der Waals surface area (Å²) in [7, 11) is 1.28. The van der Waals surface area contributed by atoms with E-state index in [1.165, 1.54) is 19.2 Å². The molecule has 72 valence electrons. The molecule has 0 fully saturated rings. The first-order valence-corrected chi connectivity index (χ1v) is 3.42. The average molecular weight is 192 g/mol. The molecule has 0 aliphatic carbocycles. The van der Waals surface area contributed by atoms with Gasteiger partial charge < -0.3 is 9.47 Å². The van der Waals surface area contributed by atoms with Gasteiger partial charge in [-0.2, -0.15) is 8.78 Å². The maximum atomic E-state index is 12.9. The standard InChI is InChI=1S/C8H7F3O2/c1-12-7-3-2-5(4-6(7)9)13-8(10)11/h2-4,8H,1H3. The number of alkyl halides is 2. The summed E-state index contributed by atoms with van der Waals surface area (Å²) in [6, 6.07) is 3.26. The maximum absolute atomic E-state index is 12.9. The fraction of sp³-hybridized carbons (Fsp3) is 0.250. The van der Waals surface area contributed by atoms with E-state index in [0.29, 0.717) is 0 Å². The van der Waals surface area contributed by atoms with Crippen LogP contribution in [0.15, 0.2) is 18.2 Å². The highest BCUT2D eigenvalue weighted by atomic mass is 19.3. The molecule has 1 aromatic rings. The van der Waals surface area contributed by atoms with Crippen molar-refractivity contribution in [2.75, 3.05) is 7.11 Å². The van der Waals surface area contributed by atoms with E-state index in [-0.39, 0.29) is 11.5 Å². The molecular weight excluding hydrogens is 185 g/mol. The quantitative estimate of drug-likeness (QED) is 0.732. The van der Waals surface area contributed by atoms with Crippen molar-refractivity contribution in [3.63, 3.8) is 0 Å². The summed E-state index contributed by atoms with van der Waals surface area (Å²) in [6.07, 6.45) is 0. The van der Waals surface area contributed by atoms with Crippen LogP contribution in [0.5, 0.6) is 11.5 Å². The van der Waals surface area contributed by atoms with Crippen molar-refractivity contribution in [2.45, 2.75) is 6.61 Å². The van der Waals surface area contributed by atoms with Gasteiger partial charge in [-0.1, -0.05) is 0 Å². The summed E-state index contributed by atoms with van der Waals surface area (Å²) < 4.78 is 44.7. The van der Waals surface area contributed by atoms with Gasteiger partial charge in [0, 0.05) is 6.07 Å². The van der Waals surface area contributed by atoms with E-state index in [4.69, 9.17) is 0 Å². The van der Waals surface area contributed by atoms with Gasteiger partial charge in [0.2, 0.25) is 0 Å². The fourth-order valence-corrected chi connectivity index (χ4v) is 0.823. The topological polar surface area (TPSA) is 18.5 Å². The molecule has 5 heteroatoms. The highest BCUT2D eigenvalue weighted by molar-refractivity contribution is 5.32. The Morgan fingerprint density at radius 2 is 2.00 bits per heavy atom. The van der Waals surface area contributed by atoms with E-state index >= 15 is 0 Å². The van der Waals surface area contributed by atoms with Crippen LogP contribution in [0.4, 0.5) is 13.2 Å². The number of methoxy groups -OCH3 is 1. The molecule has 0 saturated heterocycles. The molecule has 2 nitrogen and oxygen atoms in total. The molecule has 0 aliphatic heterocycles. The second kappa shape index (κ2) is 4.02. The third kappa shape index (κ3) is 2.54.